The minimum absolute atomic E-state index is 0.305. The normalized spacial score (nSPS) is 28.9. The average Bonchev–Trinajstić information content (AvgIpc) is 2.25. The van der Waals surface area contributed by atoms with Crippen LogP contribution in [0.3, 0.4) is 0 Å². The van der Waals surface area contributed by atoms with Crippen molar-refractivity contribution < 1.29 is 8.42 Å². The van der Waals surface area contributed by atoms with Crippen molar-refractivity contribution in [1.29, 1.82) is 0 Å². The molecule has 2 fully saturated rings. The van der Waals surface area contributed by atoms with Crippen LogP contribution in [0, 0.1) is 0 Å². The first-order valence-electron chi connectivity index (χ1n) is 6.19. The van der Waals surface area contributed by atoms with Crippen LogP contribution < -0.4 is 0 Å². The van der Waals surface area contributed by atoms with Gasteiger partial charge in [0.05, 0.1) is 5.75 Å². The Morgan fingerprint density at radius 1 is 1.19 bits per heavy atom. The van der Waals surface area contributed by atoms with E-state index in [1.54, 1.807) is 0 Å². The molecule has 2 saturated heterocycles. The lowest BCUT2D eigenvalue weighted by Crippen LogP contribution is -2.55. The summed E-state index contributed by atoms with van der Waals surface area (Å²) >= 11 is 0. The number of hydrogen-bond donors (Lipinski definition) is 0. The Bertz CT molecular complexity index is 329. The van der Waals surface area contributed by atoms with Crippen LogP contribution in [0.2, 0.25) is 0 Å². The zero-order valence-electron chi connectivity index (χ0n) is 10.1. The molecule has 0 N–H and O–H groups in total. The molecule has 2 aliphatic heterocycles. The maximum atomic E-state index is 11.1. The number of fused-ring (bicyclic) bond motifs is 1. The first-order chi connectivity index (χ1) is 7.54. The number of piperidine rings is 1. The third-order valence-corrected chi connectivity index (χ3v) is 4.62. The van der Waals surface area contributed by atoms with Gasteiger partial charge in [-0.3, -0.25) is 9.80 Å². The monoisotopic (exact) mass is 246 g/mol. The molecule has 5 heteroatoms. The molecule has 0 spiro atoms. The lowest BCUT2D eigenvalue weighted by atomic mass is 10.00. The van der Waals surface area contributed by atoms with E-state index < -0.39 is 9.84 Å². The average molecular weight is 246 g/mol. The SMILES string of the molecule is CS(=O)(=O)CCN1CCN2CCCCC2C1. The second-order valence-corrected chi connectivity index (χ2v) is 7.38. The molecule has 0 saturated carbocycles. The Balaban J connectivity index is 1.81. The first-order valence-corrected chi connectivity index (χ1v) is 8.25. The van der Waals surface area contributed by atoms with E-state index in [1.165, 1.54) is 32.1 Å². The van der Waals surface area contributed by atoms with E-state index in [2.05, 4.69) is 9.80 Å². The second kappa shape index (κ2) is 5.02. The minimum Gasteiger partial charge on any atom is -0.300 e. The quantitative estimate of drug-likeness (QED) is 0.713. The molecule has 1 unspecified atom stereocenters. The van der Waals surface area contributed by atoms with Gasteiger partial charge in [-0.1, -0.05) is 6.42 Å². The molecule has 0 aromatic carbocycles. The van der Waals surface area contributed by atoms with Crippen LogP contribution in [-0.2, 0) is 9.84 Å². The molecular formula is C11H22N2O2S. The Hall–Kier alpha value is -0.130. The lowest BCUT2D eigenvalue weighted by molar-refractivity contribution is 0.0525. The zero-order valence-corrected chi connectivity index (χ0v) is 10.9. The third kappa shape index (κ3) is 3.43. The lowest BCUT2D eigenvalue weighted by Gasteiger charge is -2.44. The molecule has 0 aromatic heterocycles. The van der Waals surface area contributed by atoms with Gasteiger partial charge in [0, 0.05) is 38.5 Å². The summed E-state index contributed by atoms with van der Waals surface area (Å²) in [7, 11) is -2.81. The fourth-order valence-electron chi connectivity index (χ4n) is 2.72. The number of piperazine rings is 1. The predicted molar refractivity (Wildman–Crippen MR) is 65.4 cm³/mol. The molecule has 0 amide bonds. The van der Waals surface area contributed by atoms with E-state index >= 15 is 0 Å². The van der Waals surface area contributed by atoms with Gasteiger partial charge in [-0.2, -0.15) is 0 Å². The maximum Gasteiger partial charge on any atom is 0.148 e. The van der Waals surface area contributed by atoms with Gasteiger partial charge >= 0.3 is 0 Å². The molecule has 0 aliphatic carbocycles. The fraction of sp³-hybridized carbons (Fsp3) is 1.00. The summed E-state index contributed by atoms with van der Waals surface area (Å²) in [6.07, 6.45) is 5.28. The molecule has 2 aliphatic rings. The van der Waals surface area contributed by atoms with Crippen molar-refractivity contribution >= 4 is 9.84 Å². The Kier molecular flexibility index (Phi) is 3.87. The van der Waals surface area contributed by atoms with Crippen LogP contribution in [0.25, 0.3) is 0 Å². The summed E-state index contributed by atoms with van der Waals surface area (Å²) in [5, 5.41) is 0. The van der Waals surface area contributed by atoms with Crippen molar-refractivity contribution in [1.82, 2.24) is 9.80 Å². The van der Waals surface area contributed by atoms with Crippen molar-refractivity contribution in [3.05, 3.63) is 0 Å². The number of rotatable bonds is 3. The van der Waals surface area contributed by atoms with E-state index in [1.807, 2.05) is 0 Å². The van der Waals surface area contributed by atoms with Crippen molar-refractivity contribution in [2.75, 3.05) is 44.7 Å². The van der Waals surface area contributed by atoms with Crippen LogP contribution in [0.1, 0.15) is 19.3 Å². The van der Waals surface area contributed by atoms with Crippen LogP contribution in [-0.4, -0.2) is 69.0 Å². The number of hydrogen-bond acceptors (Lipinski definition) is 4. The van der Waals surface area contributed by atoms with E-state index in [4.69, 9.17) is 0 Å². The van der Waals surface area contributed by atoms with Crippen molar-refractivity contribution in [2.24, 2.45) is 0 Å². The van der Waals surface area contributed by atoms with Crippen molar-refractivity contribution in [2.45, 2.75) is 25.3 Å². The largest absolute Gasteiger partial charge is 0.300 e. The zero-order chi connectivity index (χ0) is 11.6. The van der Waals surface area contributed by atoms with Gasteiger partial charge in [-0.05, 0) is 19.4 Å². The minimum atomic E-state index is -2.81. The van der Waals surface area contributed by atoms with Crippen LogP contribution >= 0.6 is 0 Å². The molecule has 94 valence electrons. The van der Waals surface area contributed by atoms with Gasteiger partial charge in [0.15, 0.2) is 0 Å². The number of sulfone groups is 1. The van der Waals surface area contributed by atoms with Gasteiger partial charge in [-0.25, -0.2) is 8.42 Å². The van der Waals surface area contributed by atoms with E-state index in [0.29, 0.717) is 18.3 Å². The molecule has 0 bridgehead atoms. The molecule has 1 atom stereocenters. The number of nitrogens with zero attached hydrogens (tertiary/aromatic N) is 2. The van der Waals surface area contributed by atoms with Crippen LogP contribution in [0.5, 0.6) is 0 Å². The van der Waals surface area contributed by atoms with Gasteiger partial charge in [-0.15, -0.1) is 0 Å². The fourth-order valence-corrected chi connectivity index (χ4v) is 3.31. The van der Waals surface area contributed by atoms with Gasteiger partial charge < -0.3 is 0 Å². The van der Waals surface area contributed by atoms with E-state index in [9.17, 15) is 8.42 Å². The van der Waals surface area contributed by atoms with Gasteiger partial charge in [0.1, 0.15) is 9.84 Å². The maximum absolute atomic E-state index is 11.1. The first kappa shape index (κ1) is 12.3. The standard InChI is InChI=1S/C11H22N2O2S/c1-16(14,15)9-8-12-6-7-13-5-3-2-4-11(13)10-12/h11H,2-10H2,1H3. The summed E-state index contributed by atoms with van der Waals surface area (Å²) in [4.78, 5) is 4.88. The van der Waals surface area contributed by atoms with Gasteiger partial charge in [0.25, 0.3) is 0 Å². The molecule has 2 rings (SSSR count). The highest BCUT2D eigenvalue weighted by Crippen LogP contribution is 2.20. The summed E-state index contributed by atoms with van der Waals surface area (Å²) in [5.74, 6) is 0.305. The molecule has 2 heterocycles. The topological polar surface area (TPSA) is 40.6 Å². The van der Waals surface area contributed by atoms with E-state index in [0.717, 1.165) is 19.6 Å². The summed E-state index contributed by atoms with van der Waals surface area (Å²) < 4.78 is 22.2. The summed E-state index contributed by atoms with van der Waals surface area (Å²) in [6.45, 7) is 5.17. The Morgan fingerprint density at radius 2 is 2.00 bits per heavy atom. The smallest absolute Gasteiger partial charge is 0.148 e. The van der Waals surface area contributed by atoms with Crippen molar-refractivity contribution in [3.8, 4) is 0 Å². The van der Waals surface area contributed by atoms with Gasteiger partial charge in [0.2, 0.25) is 0 Å². The molecule has 0 aromatic rings. The van der Waals surface area contributed by atoms with Crippen LogP contribution in [0.15, 0.2) is 0 Å². The second-order valence-electron chi connectivity index (χ2n) is 5.12. The predicted octanol–water partition coefficient (Wildman–Crippen LogP) is 0.201. The molecule has 0 radical (unpaired) electrons. The molecular weight excluding hydrogens is 224 g/mol. The highest BCUT2D eigenvalue weighted by molar-refractivity contribution is 7.90. The highest BCUT2D eigenvalue weighted by Gasteiger charge is 2.28. The molecule has 16 heavy (non-hydrogen) atoms. The van der Waals surface area contributed by atoms with Crippen molar-refractivity contribution in [3.63, 3.8) is 0 Å². The summed E-state index contributed by atoms with van der Waals surface area (Å²) in [5.41, 5.74) is 0. The van der Waals surface area contributed by atoms with Crippen LogP contribution in [0.4, 0.5) is 0 Å². The Labute approximate surface area is 98.5 Å². The third-order valence-electron chi connectivity index (χ3n) is 3.70. The van der Waals surface area contributed by atoms with E-state index in [-0.39, 0.29) is 0 Å². The Morgan fingerprint density at radius 3 is 2.75 bits per heavy atom. The summed E-state index contributed by atoms with van der Waals surface area (Å²) in [6, 6.07) is 0.682. The highest BCUT2D eigenvalue weighted by atomic mass is 32.2. The molecule has 4 nitrogen and oxygen atoms in total.